The van der Waals surface area contributed by atoms with Gasteiger partial charge in [0, 0.05) is 24.2 Å². The average molecular weight is 459 g/mol. The number of hydrogen-bond acceptors (Lipinski definition) is 4. The Balaban J connectivity index is 1.53. The molecule has 1 heterocycles. The van der Waals surface area contributed by atoms with E-state index in [1.54, 1.807) is 6.92 Å². The van der Waals surface area contributed by atoms with Crippen LogP contribution in [-0.4, -0.2) is 29.6 Å². The van der Waals surface area contributed by atoms with E-state index in [1.807, 2.05) is 42.0 Å². The first-order valence-corrected chi connectivity index (χ1v) is 10.5. The molecule has 0 spiro atoms. The first-order valence-electron chi connectivity index (χ1n) is 10.5. The maximum Gasteiger partial charge on any atom is 0.573 e. The van der Waals surface area contributed by atoms with E-state index in [0.717, 1.165) is 10.9 Å². The van der Waals surface area contributed by atoms with Gasteiger partial charge in [-0.2, -0.15) is 0 Å². The van der Waals surface area contributed by atoms with Crippen LogP contribution in [0.15, 0.2) is 54.7 Å². The third-order valence-electron chi connectivity index (χ3n) is 4.68. The van der Waals surface area contributed by atoms with Gasteiger partial charge < -0.3 is 18.8 Å². The maximum atomic E-state index is 12.2. The van der Waals surface area contributed by atoms with Crippen LogP contribution in [0.3, 0.4) is 0 Å². The van der Waals surface area contributed by atoms with E-state index in [1.165, 1.54) is 24.3 Å². The number of ether oxygens (including phenoxy) is 3. The quantitative estimate of drug-likeness (QED) is 0.320. The van der Waals surface area contributed by atoms with Gasteiger partial charge in [-0.3, -0.25) is 4.79 Å². The Kier molecular flexibility index (Phi) is 7.88. The van der Waals surface area contributed by atoms with Gasteiger partial charge >= 0.3 is 12.3 Å². The number of carbonyl (C=O) groups is 1. The molecule has 3 aromatic rings. The summed E-state index contributed by atoms with van der Waals surface area (Å²) in [6.45, 7) is 4.18. The molecule has 0 radical (unpaired) electrons. The van der Waals surface area contributed by atoms with E-state index in [9.17, 15) is 18.0 Å². The molecule has 1 unspecified atom stereocenters. The lowest BCUT2D eigenvalue weighted by atomic mass is 10.2. The summed E-state index contributed by atoms with van der Waals surface area (Å²) in [5, 5.41) is 0.997. The molecule has 1 atom stereocenters. The molecule has 8 heteroatoms. The average Bonchev–Trinajstić information content (AvgIpc) is 3.13. The molecular weight excluding hydrogens is 435 g/mol. The van der Waals surface area contributed by atoms with Gasteiger partial charge in [0.05, 0.1) is 18.2 Å². The van der Waals surface area contributed by atoms with Gasteiger partial charge in [0.2, 0.25) is 0 Å². The van der Waals surface area contributed by atoms with Crippen molar-refractivity contribution in [3.05, 3.63) is 60.3 Å². The molecule has 3 rings (SSSR count). The standard InChI is InChI=1S/C25H24F3NO4/c1-3-31-24(30)17-29-15-14-20-10-13-22(16-23(20)29)32-18(2)6-4-5-7-19-8-11-21(12-9-19)33-25(26,27)28/h8-16,18H,3-4,6,17H2,1-2H3. The smallest absolute Gasteiger partial charge is 0.491 e. The van der Waals surface area contributed by atoms with Gasteiger partial charge in [0.1, 0.15) is 18.0 Å². The van der Waals surface area contributed by atoms with Gasteiger partial charge in [-0.05, 0) is 68.1 Å². The second-order valence-corrected chi connectivity index (χ2v) is 7.31. The molecule has 1 aromatic heterocycles. The first kappa shape index (κ1) is 24.1. The molecular formula is C25H24F3NO4. The number of hydrogen-bond donors (Lipinski definition) is 0. The van der Waals surface area contributed by atoms with E-state index in [-0.39, 0.29) is 24.4 Å². The van der Waals surface area contributed by atoms with Gasteiger partial charge in [0.15, 0.2) is 0 Å². The number of halogens is 3. The van der Waals surface area contributed by atoms with Crippen LogP contribution in [-0.2, 0) is 16.1 Å². The van der Waals surface area contributed by atoms with Gasteiger partial charge in [-0.15, -0.1) is 13.2 Å². The Bertz CT molecular complexity index is 1140. The van der Waals surface area contributed by atoms with E-state index in [2.05, 4.69) is 16.6 Å². The largest absolute Gasteiger partial charge is 0.573 e. The fourth-order valence-corrected chi connectivity index (χ4v) is 3.19. The molecule has 0 fully saturated rings. The van der Waals surface area contributed by atoms with Crippen molar-refractivity contribution >= 4 is 16.9 Å². The summed E-state index contributed by atoms with van der Waals surface area (Å²) in [5.74, 6) is 6.04. The topological polar surface area (TPSA) is 49.7 Å². The molecule has 0 aliphatic rings. The second-order valence-electron chi connectivity index (χ2n) is 7.31. The van der Waals surface area contributed by atoms with Gasteiger partial charge in [0.25, 0.3) is 0 Å². The molecule has 5 nitrogen and oxygen atoms in total. The van der Waals surface area contributed by atoms with Crippen LogP contribution in [0.4, 0.5) is 13.2 Å². The SMILES string of the molecule is CCOC(=O)Cn1ccc2ccc(OC(C)CCC#Cc3ccc(OC(F)(F)F)cc3)cc21. The molecule has 0 bridgehead atoms. The normalized spacial score (nSPS) is 12.0. The van der Waals surface area contributed by atoms with Crippen LogP contribution in [0, 0.1) is 11.8 Å². The lowest BCUT2D eigenvalue weighted by molar-refractivity contribution is -0.274. The van der Waals surface area contributed by atoms with Crippen LogP contribution >= 0.6 is 0 Å². The highest BCUT2D eigenvalue weighted by molar-refractivity contribution is 5.83. The van der Waals surface area contributed by atoms with Crippen molar-refractivity contribution < 1.29 is 32.2 Å². The van der Waals surface area contributed by atoms with Crippen molar-refractivity contribution in [2.24, 2.45) is 0 Å². The number of esters is 1. The third-order valence-corrected chi connectivity index (χ3v) is 4.68. The number of benzene rings is 2. The summed E-state index contributed by atoms with van der Waals surface area (Å²) in [4.78, 5) is 11.8. The Hall–Kier alpha value is -3.60. The van der Waals surface area contributed by atoms with Crippen LogP contribution in [0.25, 0.3) is 10.9 Å². The molecule has 174 valence electrons. The lowest BCUT2D eigenvalue weighted by Gasteiger charge is -2.14. The monoisotopic (exact) mass is 459 g/mol. The summed E-state index contributed by atoms with van der Waals surface area (Å²) in [6, 6.07) is 13.1. The number of aromatic nitrogens is 1. The minimum absolute atomic E-state index is 0.104. The fraction of sp³-hybridized carbons (Fsp3) is 0.320. The zero-order chi connectivity index (χ0) is 23.8. The molecule has 2 aromatic carbocycles. The summed E-state index contributed by atoms with van der Waals surface area (Å²) in [5.41, 5.74) is 1.48. The number of carbonyl (C=O) groups excluding carboxylic acids is 1. The first-order chi connectivity index (χ1) is 15.7. The minimum atomic E-state index is -4.71. The maximum absolute atomic E-state index is 12.2. The predicted molar refractivity (Wildman–Crippen MR) is 118 cm³/mol. The highest BCUT2D eigenvalue weighted by atomic mass is 19.4. The van der Waals surface area contributed by atoms with Crippen LogP contribution in [0.5, 0.6) is 11.5 Å². The van der Waals surface area contributed by atoms with Crippen molar-refractivity contribution in [2.75, 3.05) is 6.61 Å². The van der Waals surface area contributed by atoms with Crippen LogP contribution in [0.2, 0.25) is 0 Å². The van der Waals surface area contributed by atoms with E-state index >= 15 is 0 Å². The minimum Gasteiger partial charge on any atom is -0.491 e. The van der Waals surface area contributed by atoms with Crippen LogP contribution < -0.4 is 9.47 Å². The molecule has 0 saturated carbocycles. The van der Waals surface area contributed by atoms with Crippen molar-refractivity contribution in [1.29, 1.82) is 0 Å². The van der Waals surface area contributed by atoms with Gasteiger partial charge in [-0.25, -0.2) is 0 Å². The molecule has 33 heavy (non-hydrogen) atoms. The molecule has 0 aliphatic carbocycles. The summed E-state index contributed by atoms with van der Waals surface area (Å²) in [7, 11) is 0. The summed E-state index contributed by atoms with van der Waals surface area (Å²) < 4.78 is 53.3. The van der Waals surface area contributed by atoms with E-state index in [0.29, 0.717) is 30.8 Å². The van der Waals surface area contributed by atoms with Crippen LogP contribution in [0.1, 0.15) is 32.3 Å². The van der Waals surface area contributed by atoms with E-state index in [4.69, 9.17) is 9.47 Å². The Morgan fingerprint density at radius 2 is 1.82 bits per heavy atom. The third kappa shape index (κ3) is 7.49. The predicted octanol–water partition coefficient (Wildman–Crippen LogP) is 5.70. The molecule has 0 saturated heterocycles. The number of rotatable bonds is 8. The zero-order valence-corrected chi connectivity index (χ0v) is 18.3. The van der Waals surface area contributed by atoms with Crippen molar-refractivity contribution in [3.8, 4) is 23.3 Å². The number of alkyl halides is 3. The zero-order valence-electron chi connectivity index (χ0n) is 18.3. The summed E-state index contributed by atoms with van der Waals surface area (Å²) in [6.07, 6.45) is -1.75. The Morgan fingerprint density at radius 1 is 1.09 bits per heavy atom. The number of fused-ring (bicyclic) bond motifs is 1. The van der Waals surface area contributed by atoms with Crippen molar-refractivity contribution in [1.82, 2.24) is 4.57 Å². The molecule has 0 aliphatic heterocycles. The molecule has 0 amide bonds. The Labute approximate surface area is 190 Å². The lowest BCUT2D eigenvalue weighted by Crippen LogP contribution is -2.16. The van der Waals surface area contributed by atoms with E-state index < -0.39 is 6.36 Å². The molecule has 0 N–H and O–H groups in total. The second kappa shape index (κ2) is 10.8. The Morgan fingerprint density at radius 3 is 2.52 bits per heavy atom. The summed E-state index contributed by atoms with van der Waals surface area (Å²) >= 11 is 0. The van der Waals surface area contributed by atoms with Crippen molar-refractivity contribution in [3.63, 3.8) is 0 Å². The fourth-order valence-electron chi connectivity index (χ4n) is 3.19. The highest BCUT2D eigenvalue weighted by Gasteiger charge is 2.30. The van der Waals surface area contributed by atoms with Crippen molar-refractivity contribution in [2.45, 2.75) is 45.7 Å². The highest BCUT2D eigenvalue weighted by Crippen LogP contribution is 2.24. The number of nitrogens with zero attached hydrogens (tertiary/aromatic N) is 1. The van der Waals surface area contributed by atoms with Gasteiger partial charge in [-0.1, -0.05) is 11.8 Å².